The van der Waals surface area contributed by atoms with Crippen molar-refractivity contribution < 1.29 is 0 Å². The lowest BCUT2D eigenvalue weighted by Crippen LogP contribution is -1.80. The first-order chi connectivity index (χ1) is 3.95. The summed E-state index contributed by atoms with van der Waals surface area (Å²) in [4.78, 5) is 0. The maximum atomic E-state index is 3.42. The quantitative estimate of drug-likeness (QED) is 0.416. The topological polar surface area (TPSA) is 0 Å². The van der Waals surface area contributed by atoms with E-state index < -0.39 is 0 Å². The fourth-order valence-electron chi connectivity index (χ4n) is 1.57. The number of hydrogen-bond donors (Lipinski definition) is 0. The van der Waals surface area contributed by atoms with E-state index in [0.29, 0.717) is 0 Å². The van der Waals surface area contributed by atoms with Crippen molar-refractivity contribution in [3.8, 4) is 0 Å². The highest BCUT2D eigenvalue weighted by atomic mass is 14.2. The molecule has 0 saturated heterocycles. The lowest BCUT2D eigenvalue weighted by molar-refractivity contribution is 0.812. The minimum atomic E-state index is 1.33. The van der Waals surface area contributed by atoms with Crippen LogP contribution in [0.15, 0.2) is 16.9 Å². The Morgan fingerprint density at radius 3 is 2.00 bits per heavy atom. The van der Waals surface area contributed by atoms with Gasteiger partial charge in [-0.05, 0) is 43.3 Å². The first-order valence-corrected chi connectivity index (χ1v) is 3.41. The van der Waals surface area contributed by atoms with E-state index in [1.807, 2.05) is 0 Å². The summed E-state index contributed by atoms with van der Waals surface area (Å²) in [7, 11) is 0. The van der Waals surface area contributed by atoms with Crippen molar-refractivity contribution in [1.82, 2.24) is 0 Å². The van der Waals surface area contributed by atoms with Gasteiger partial charge in [0.1, 0.15) is 0 Å². The molecular weight excluding hydrogens is 96.1 g/mol. The Morgan fingerprint density at radius 2 is 1.50 bits per heavy atom. The molecule has 0 heterocycles. The number of allylic oxidation sites excluding steroid dienone is 1. The van der Waals surface area contributed by atoms with Gasteiger partial charge in [-0.3, -0.25) is 0 Å². The van der Waals surface area contributed by atoms with Crippen molar-refractivity contribution in [3.63, 3.8) is 0 Å². The van der Waals surface area contributed by atoms with E-state index in [2.05, 4.69) is 5.73 Å². The Bertz CT molecular complexity index is 152. The van der Waals surface area contributed by atoms with Crippen molar-refractivity contribution in [3.05, 3.63) is 16.9 Å². The lowest BCUT2D eigenvalue weighted by atomic mass is 10.1. The molecule has 2 bridgehead atoms. The van der Waals surface area contributed by atoms with Gasteiger partial charge in [-0.2, -0.15) is 0 Å². The molecule has 0 unspecified atom stereocenters. The molecule has 0 heteroatoms. The molecule has 8 heavy (non-hydrogen) atoms. The minimum Gasteiger partial charge on any atom is -0.123 e. The van der Waals surface area contributed by atoms with Crippen molar-refractivity contribution in [2.45, 2.75) is 32.1 Å². The normalized spacial score (nSPS) is 25.0. The molecule has 2 aliphatic carbocycles. The zero-order valence-electron chi connectivity index (χ0n) is 5.04. The molecule has 0 spiro atoms. The SMILES string of the molecule is C1=C2CCCC=1CC2. The van der Waals surface area contributed by atoms with Gasteiger partial charge in [-0.25, -0.2) is 0 Å². The second-order valence-corrected chi connectivity index (χ2v) is 2.69. The molecule has 0 N–H and O–H groups in total. The Balaban J connectivity index is 2.38. The van der Waals surface area contributed by atoms with Crippen LogP contribution in [0.2, 0.25) is 0 Å². The summed E-state index contributed by atoms with van der Waals surface area (Å²) < 4.78 is 0. The van der Waals surface area contributed by atoms with Crippen LogP contribution in [0, 0.1) is 0 Å². The van der Waals surface area contributed by atoms with E-state index in [1.165, 1.54) is 32.1 Å². The Labute approximate surface area is 49.9 Å². The summed E-state index contributed by atoms with van der Waals surface area (Å²) in [6.45, 7) is 0. The molecule has 0 saturated carbocycles. The van der Waals surface area contributed by atoms with Gasteiger partial charge in [-0.15, -0.1) is 5.73 Å². The second-order valence-electron chi connectivity index (χ2n) is 2.69. The van der Waals surface area contributed by atoms with Gasteiger partial charge in [0, 0.05) is 0 Å². The first kappa shape index (κ1) is 4.40. The third kappa shape index (κ3) is 0.535. The molecule has 2 rings (SSSR count). The third-order valence-corrected chi connectivity index (χ3v) is 2.04. The number of rotatable bonds is 0. The van der Waals surface area contributed by atoms with Crippen LogP contribution in [0.3, 0.4) is 0 Å². The van der Waals surface area contributed by atoms with Crippen molar-refractivity contribution >= 4 is 0 Å². The maximum Gasteiger partial charge on any atom is -0.0200 e. The van der Waals surface area contributed by atoms with Gasteiger partial charge in [0.2, 0.25) is 0 Å². The molecule has 2 aliphatic rings. The van der Waals surface area contributed by atoms with Crippen LogP contribution in [0.4, 0.5) is 0 Å². The fraction of sp³-hybridized carbons (Fsp3) is 0.625. The Morgan fingerprint density at radius 1 is 0.875 bits per heavy atom. The standard InChI is InChI=1S/C8H10/c1-2-7-4-5-8(3-1)6-7/h1-5H2. The summed E-state index contributed by atoms with van der Waals surface area (Å²) >= 11 is 0. The summed E-state index contributed by atoms with van der Waals surface area (Å²) in [5.74, 6) is 0. The van der Waals surface area contributed by atoms with Gasteiger partial charge in [0.15, 0.2) is 0 Å². The second kappa shape index (κ2) is 1.50. The van der Waals surface area contributed by atoms with E-state index in [-0.39, 0.29) is 0 Å². The average Bonchev–Trinajstić information content (AvgIpc) is 2.12. The molecule has 0 nitrogen and oxygen atoms in total. The highest BCUT2D eigenvalue weighted by Crippen LogP contribution is 2.30. The fourth-order valence-corrected chi connectivity index (χ4v) is 1.57. The zero-order chi connectivity index (χ0) is 5.40. The van der Waals surface area contributed by atoms with E-state index in [9.17, 15) is 0 Å². The lowest BCUT2D eigenvalue weighted by Gasteiger charge is -1.98. The van der Waals surface area contributed by atoms with Gasteiger partial charge in [0.05, 0.1) is 0 Å². The molecule has 42 valence electrons. The third-order valence-electron chi connectivity index (χ3n) is 2.04. The van der Waals surface area contributed by atoms with Crippen LogP contribution < -0.4 is 0 Å². The smallest absolute Gasteiger partial charge is 0.0200 e. The van der Waals surface area contributed by atoms with Crippen LogP contribution in [-0.4, -0.2) is 0 Å². The minimum absolute atomic E-state index is 1.33. The van der Waals surface area contributed by atoms with Crippen molar-refractivity contribution in [1.29, 1.82) is 0 Å². The Kier molecular flexibility index (Phi) is 0.824. The summed E-state index contributed by atoms with van der Waals surface area (Å²) in [6.07, 6.45) is 6.73. The highest BCUT2D eigenvalue weighted by molar-refractivity contribution is 5.21. The van der Waals surface area contributed by atoms with E-state index in [1.54, 1.807) is 11.1 Å². The first-order valence-electron chi connectivity index (χ1n) is 3.41. The van der Waals surface area contributed by atoms with Crippen LogP contribution >= 0.6 is 0 Å². The van der Waals surface area contributed by atoms with Crippen LogP contribution in [0.1, 0.15) is 32.1 Å². The molecule has 0 amide bonds. The molecule has 0 atom stereocenters. The van der Waals surface area contributed by atoms with Crippen LogP contribution in [0.5, 0.6) is 0 Å². The number of hydrogen-bond acceptors (Lipinski definition) is 0. The van der Waals surface area contributed by atoms with Gasteiger partial charge in [-0.1, -0.05) is 0 Å². The maximum absolute atomic E-state index is 3.42. The van der Waals surface area contributed by atoms with E-state index in [0.717, 1.165) is 0 Å². The molecule has 0 aromatic heterocycles. The predicted octanol–water partition coefficient (Wildman–Crippen LogP) is 2.42. The van der Waals surface area contributed by atoms with Crippen LogP contribution in [0.25, 0.3) is 0 Å². The van der Waals surface area contributed by atoms with E-state index in [4.69, 9.17) is 0 Å². The highest BCUT2D eigenvalue weighted by Gasteiger charge is 2.12. The van der Waals surface area contributed by atoms with Gasteiger partial charge < -0.3 is 0 Å². The van der Waals surface area contributed by atoms with Crippen molar-refractivity contribution in [2.75, 3.05) is 0 Å². The Hall–Kier alpha value is -0.480. The summed E-state index contributed by atoms with van der Waals surface area (Å²) in [6, 6.07) is 0. The summed E-state index contributed by atoms with van der Waals surface area (Å²) in [5, 5.41) is 0. The van der Waals surface area contributed by atoms with Gasteiger partial charge in [0.25, 0.3) is 0 Å². The molecule has 0 aromatic rings. The van der Waals surface area contributed by atoms with Crippen LogP contribution in [-0.2, 0) is 0 Å². The zero-order valence-corrected chi connectivity index (χ0v) is 5.04. The van der Waals surface area contributed by atoms with Crippen molar-refractivity contribution in [2.24, 2.45) is 0 Å². The molecule has 0 aliphatic heterocycles. The molecule has 0 radical (unpaired) electrons. The monoisotopic (exact) mass is 106 g/mol. The molecular formula is C8H10. The average molecular weight is 106 g/mol. The predicted molar refractivity (Wildman–Crippen MR) is 33.6 cm³/mol. The van der Waals surface area contributed by atoms with E-state index >= 15 is 0 Å². The molecule has 0 fully saturated rings. The molecule has 0 aromatic carbocycles. The largest absolute Gasteiger partial charge is 0.123 e. The van der Waals surface area contributed by atoms with Gasteiger partial charge >= 0.3 is 0 Å². The summed E-state index contributed by atoms with van der Waals surface area (Å²) in [5.41, 5.74) is 6.60.